The first-order chi connectivity index (χ1) is 10.3. The number of carboxylic acids is 3. The van der Waals surface area contributed by atoms with Crippen molar-refractivity contribution < 1.29 is 29.7 Å². The van der Waals surface area contributed by atoms with Gasteiger partial charge >= 0.3 is 17.9 Å². The molecule has 0 saturated carbocycles. The zero-order valence-corrected chi connectivity index (χ0v) is 12.7. The summed E-state index contributed by atoms with van der Waals surface area (Å²) in [5, 5.41) is 25.4. The van der Waals surface area contributed by atoms with Crippen LogP contribution in [0.15, 0.2) is 22.5 Å². The molecular formula is C13H11NO6S2. The van der Waals surface area contributed by atoms with E-state index in [1.54, 1.807) is 18.2 Å². The van der Waals surface area contributed by atoms with Crippen LogP contribution < -0.4 is 0 Å². The molecule has 1 aromatic carbocycles. The van der Waals surface area contributed by atoms with Gasteiger partial charge in [0.05, 0.1) is 23.1 Å². The van der Waals surface area contributed by atoms with Gasteiger partial charge in [0.1, 0.15) is 5.25 Å². The third-order valence-electron chi connectivity index (χ3n) is 2.67. The van der Waals surface area contributed by atoms with Gasteiger partial charge in [-0.3, -0.25) is 14.4 Å². The Morgan fingerprint density at radius 1 is 1.18 bits per heavy atom. The van der Waals surface area contributed by atoms with Crippen LogP contribution in [0.25, 0.3) is 10.2 Å². The van der Waals surface area contributed by atoms with Crippen molar-refractivity contribution in [2.24, 2.45) is 0 Å². The van der Waals surface area contributed by atoms with Crippen molar-refractivity contribution in [1.82, 2.24) is 4.98 Å². The summed E-state index contributed by atoms with van der Waals surface area (Å²) in [6.07, 6.45) is -0.618. The van der Waals surface area contributed by atoms with Crippen LogP contribution in [-0.4, -0.2) is 43.5 Å². The molecule has 0 aliphatic heterocycles. The molecule has 116 valence electrons. The Bertz CT molecular complexity index is 741. The van der Waals surface area contributed by atoms with Gasteiger partial charge in [0.25, 0.3) is 0 Å². The van der Waals surface area contributed by atoms with Crippen molar-refractivity contribution in [2.45, 2.75) is 22.4 Å². The van der Waals surface area contributed by atoms with Gasteiger partial charge in [-0.1, -0.05) is 17.8 Å². The quantitative estimate of drug-likeness (QED) is 0.653. The Morgan fingerprint density at radius 2 is 1.91 bits per heavy atom. The summed E-state index contributed by atoms with van der Waals surface area (Å²) >= 11 is 2.13. The zero-order valence-electron chi connectivity index (χ0n) is 11.1. The summed E-state index contributed by atoms with van der Waals surface area (Å²) in [5.41, 5.74) is 1.17. The molecule has 0 radical (unpaired) electrons. The van der Waals surface area contributed by atoms with Crippen molar-refractivity contribution in [3.05, 3.63) is 23.8 Å². The minimum atomic E-state index is -1.21. The highest BCUT2D eigenvalue weighted by atomic mass is 32.2. The predicted molar refractivity (Wildman–Crippen MR) is 80.5 cm³/mol. The molecule has 2 rings (SSSR count). The van der Waals surface area contributed by atoms with Gasteiger partial charge in [0.15, 0.2) is 4.34 Å². The smallest absolute Gasteiger partial charge is 0.317 e. The topological polar surface area (TPSA) is 125 Å². The number of hydrogen-bond donors (Lipinski definition) is 3. The second kappa shape index (κ2) is 6.75. The highest BCUT2D eigenvalue weighted by Gasteiger charge is 2.24. The van der Waals surface area contributed by atoms with E-state index >= 15 is 0 Å². The van der Waals surface area contributed by atoms with E-state index in [-0.39, 0.29) is 6.42 Å². The highest BCUT2D eigenvalue weighted by Crippen LogP contribution is 2.33. The number of carbonyl (C=O) groups is 3. The van der Waals surface area contributed by atoms with Gasteiger partial charge in [-0.2, -0.15) is 0 Å². The lowest BCUT2D eigenvalue weighted by Crippen LogP contribution is -2.20. The van der Waals surface area contributed by atoms with E-state index in [9.17, 15) is 14.4 Å². The zero-order chi connectivity index (χ0) is 16.3. The fourth-order valence-electron chi connectivity index (χ4n) is 1.75. The van der Waals surface area contributed by atoms with Crippen LogP contribution in [0.2, 0.25) is 0 Å². The Labute approximate surface area is 132 Å². The van der Waals surface area contributed by atoms with Crippen molar-refractivity contribution in [2.75, 3.05) is 0 Å². The van der Waals surface area contributed by atoms with E-state index in [1.807, 2.05) is 0 Å². The average Bonchev–Trinajstić information content (AvgIpc) is 2.78. The number of aliphatic carboxylic acids is 3. The van der Waals surface area contributed by atoms with Gasteiger partial charge < -0.3 is 15.3 Å². The number of carboxylic acid groups (broad SMARTS) is 3. The van der Waals surface area contributed by atoms with Gasteiger partial charge in [0.2, 0.25) is 0 Å². The van der Waals surface area contributed by atoms with Crippen LogP contribution >= 0.6 is 23.1 Å². The lowest BCUT2D eigenvalue weighted by molar-refractivity contribution is -0.142. The van der Waals surface area contributed by atoms with Crippen LogP contribution in [0.1, 0.15) is 12.0 Å². The maximum absolute atomic E-state index is 11.1. The third kappa shape index (κ3) is 4.18. The highest BCUT2D eigenvalue weighted by molar-refractivity contribution is 8.02. The molecule has 9 heteroatoms. The Morgan fingerprint density at radius 3 is 2.50 bits per heavy atom. The summed E-state index contributed by atoms with van der Waals surface area (Å²) < 4.78 is 1.23. The number of rotatable bonds is 7. The lowest BCUT2D eigenvalue weighted by atomic mass is 10.1. The summed E-state index contributed by atoms with van der Waals surface area (Å²) in [4.78, 5) is 36.7. The number of fused-ring (bicyclic) bond motifs is 1. The Hall–Kier alpha value is -2.13. The Balaban J connectivity index is 2.22. The summed E-state index contributed by atoms with van der Waals surface area (Å²) in [6, 6.07) is 5.04. The predicted octanol–water partition coefficient (Wildman–Crippen LogP) is 1.94. The molecular weight excluding hydrogens is 330 g/mol. The number of benzene rings is 1. The van der Waals surface area contributed by atoms with Crippen LogP contribution in [-0.2, 0) is 20.8 Å². The lowest BCUT2D eigenvalue weighted by Gasteiger charge is -2.06. The van der Waals surface area contributed by atoms with E-state index in [0.29, 0.717) is 15.4 Å². The molecule has 0 saturated heterocycles. The molecule has 2 aromatic rings. The summed E-state index contributed by atoms with van der Waals surface area (Å²) in [7, 11) is 0. The molecule has 1 atom stereocenters. The average molecular weight is 341 g/mol. The Kier molecular flexibility index (Phi) is 4.99. The van der Waals surface area contributed by atoms with Gasteiger partial charge in [-0.15, -0.1) is 11.3 Å². The molecule has 0 bridgehead atoms. The number of nitrogens with zero attached hydrogens (tertiary/aromatic N) is 1. The van der Waals surface area contributed by atoms with Gasteiger partial charge in [0, 0.05) is 0 Å². The van der Waals surface area contributed by atoms with E-state index in [2.05, 4.69) is 4.98 Å². The maximum Gasteiger partial charge on any atom is 0.317 e. The van der Waals surface area contributed by atoms with Crippen molar-refractivity contribution in [1.29, 1.82) is 0 Å². The molecule has 7 nitrogen and oxygen atoms in total. The molecule has 1 heterocycles. The normalized spacial score (nSPS) is 12.2. The molecule has 0 amide bonds. The first-order valence-electron chi connectivity index (χ1n) is 6.07. The van der Waals surface area contributed by atoms with Crippen LogP contribution in [0.5, 0.6) is 0 Å². The fraction of sp³-hybridized carbons (Fsp3) is 0.231. The third-order valence-corrected chi connectivity index (χ3v) is 4.98. The number of aromatic nitrogens is 1. The molecule has 22 heavy (non-hydrogen) atoms. The second-order valence-corrected chi connectivity index (χ2v) is 6.88. The summed E-state index contributed by atoms with van der Waals surface area (Å²) in [5.74, 6) is -3.35. The minimum Gasteiger partial charge on any atom is -0.481 e. The minimum absolute atomic E-state index is 0.118. The maximum atomic E-state index is 11.1. The number of hydrogen-bond acceptors (Lipinski definition) is 6. The van der Waals surface area contributed by atoms with Crippen LogP contribution in [0, 0.1) is 0 Å². The molecule has 0 aliphatic rings. The second-order valence-electron chi connectivity index (χ2n) is 4.39. The SMILES string of the molecule is O=C(O)Cc1ccc2sc(SC(CC(=O)O)C(=O)O)nc2c1. The molecule has 0 fully saturated rings. The monoisotopic (exact) mass is 341 g/mol. The molecule has 3 N–H and O–H groups in total. The van der Waals surface area contributed by atoms with E-state index in [1.165, 1.54) is 11.3 Å². The van der Waals surface area contributed by atoms with Crippen molar-refractivity contribution in [3.8, 4) is 0 Å². The summed E-state index contributed by atoms with van der Waals surface area (Å²) in [6.45, 7) is 0. The molecule has 1 aromatic heterocycles. The van der Waals surface area contributed by atoms with Crippen molar-refractivity contribution >= 4 is 51.2 Å². The van der Waals surface area contributed by atoms with Crippen LogP contribution in [0.4, 0.5) is 0 Å². The van der Waals surface area contributed by atoms with Crippen molar-refractivity contribution in [3.63, 3.8) is 0 Å². The van der Waals surface area contributed by atoms with Crippen LogP contribution in [0.3, 0.4) is 0 Å². The molecule has 0 spiro atoms. The molecule has 0 aliphatic carbocycles. The fourth-order valence-corrected chi connectivity index (χ4v) is 3.96. The first kappa shape index (κ1) is 16.2. The first-order valence-corrected chi connectivity index (χ1v) is 7.77. The van der Waals surface area contributed by atoms with E-state index in [4.69, 9.17) is 15.3 Å². The standard InChI is InChI=1S/C13H11NO6S2/c15-10(16)4-6-1-2-8-7(3-6)14-13(21-8)22-9(12(19)20)5-11(17)18/h1-3,9H,4-5H2,(H,15,16)(H,17,18)(H,19,20). The number of thiazole rings is 1. The largest absolute Gasteiger partial charge is 0.481 e. The number of thioether (sulfide) groups is 1. The van der Waals surface area contributed by atoms with E-state index in [0.717, 1.165) is 16.5 Å². The van der Waals surface area contributed by atoms with Gasteiger partial charge in [-0.25, -0.2) is 4.98 Å². The van der Waals surface area contributed by atoms with E-state index < -0.39 is 29.6 Å². The molecule has 1 unspecified atom stereocenters. The van der Waals surface area contributed by atoms with Gasteiger partial charge in [-0.05, 0) is 17.7 Å².